The summed E-state index contributed by atoms with van der Waals surface area (Å²) in [7, 11) is 0.623. The fraction of sp³-hybridized carbons (Fsp3) is 0. The van der Waals surface area contributed by atoms with E-state index >= 15 is 0 Å². The molecule has 0 nitrogen and oxygen atoms in total. The van der Waals surface area contributed by atoms with Crippen molar-refractivity contribution in [2.75, 3.05) is 0 Å². The topological polar surface area (TPSA) is 0 Å². The van der Waals surface area contributed by atoms with Crippen LogP contribution >= 0.6 is 0 Å². The van der Waals surface area contributed by atoms with E-state index < -0.39 is 0 Å². The van der Waals surface area contributed by atoms with Crippen LogP contribution in [0.1, 0.15) is 22.3 Å². The van der Waals surface area contributed by atoms with Crippen molar-refractivity contribution in [1.29, 1.82) is 0 Å². The monoisotopic (exact) mass is 382 g/mol. The second-order valence-corrected chi connectivity index (χ2v) is 7.92. The average Bonchev–Trinajstić information content (AvgIpc) is 2.80. The van der Waals surface area contributed by atoms with Gasteiger partial charge in [-0.15, -0.1) is 0 Å². The van der Waals surface area contributed by atoms with Gasteiger partial charge in [-0.1, -0.05) is 94.7 Å². The maximum absolute atomic E-state index is 3.22. The molecular weight excluding hydrogens is 364 g/mol. The minimum absolute atomic E-state index is 0.623. The minimum atomic E-state index is 0.623. The highest BCUT2D eigenvalue weighted by molar-refractivity contribution is 6.67. The van der Waals surface area contributed by atoms with Crippen molar-refractivity contribution in [3.8, 4) is 23.7 Å². The number of rotatable bonds is 2. The van der Waals surface area contributed by atoms with E-state index in [1.807, 2.05) is 60.7 Å². The van der Waals surface area contributed by atoms with Gasteiger partial charge in [0.1, 0.15) is 9.52 Å². The molecule has 0 N–H and O–H groups in total. The highest BCUT2D eigenvalue weighted by Gasteiger charge is 1.99. The number of hydrogen-bond donors (Lipinski definition) is 0. The summed E-state index contributed by atoms with van der Waals surface area (Å²) in [6.45, 7) is 0. The normalized spacial score (nSPS) is 9.66. The van der Waals surface area contributed by atoms with Gasteiger partial charge in [0.05, 0.1) is 0 Å². The molecule has 0 aromatic heterocycles. The van der Waals surface area contributed by atoms with Crippen LogP contribution in [-0.4, -0.2) is 9.52 Å². The summed E-state index contributed by atoms with van der Waals surface area (Å²) in [5, 5.41) is 2.61. The zero-order chi connectivity index (χ0) is 19.7. The van der Waals surface area contributed by atoms with E-state index in [0.29, 0.717) is 9.52 Å². The second kappa shape index (κ2) is 9.42. The van der Waals surface area contributed by atoms with E-state index in [1.165, 1.54) is 10.4 Å². The maximum Gasteiger partial charge on any atom is 0.121 e. The first-order chi connectivity index (χ1) is 14.3. The summed E-state index contributed by atoms with van der Waals surface area (Å²) in [6, 6.07) is 37.2. The van der Waals surface area contributed by atoms with Crippen LogP contribution in [0.15, 0.2) is 109 Å². The van der Waals surface area contributed by atoms with Crippen LogP contribution in [0.3, 0.4) is 0 Å². The first kappa shape index (κ1) is 18.6. The van der Waals surface area contributed by atoms with Crippen molar-refractivity contribution in [2.45, 2.75) is 0 Å². The Bertz CT molecular complexity index is 1080. The molecule has 4 aromatic rings. The van der Waals surface area contributed by atoms with E-state index in [-0.39, 0.29) is 0 Å². The smallest absolute Gasteiger partial charge is 0.0622 e. The molecule has 134 valence electrons. The SMILES string of the molecule is C(#Cc1ccc([Si]c2ccc(C#Cc3ccccc3)cc2)cc1)c1ccccc1. The fourth-order valence-electron chi connectivity index (χ4n) is 2.77. The highest BCUT2D eigenvalue weighted by Crippen LogP contribution is 2.00. The fourth-order valence-corrected chi connectivity index (χ4v) is 3.77. The zero-order valence-corrected chi connectivity index (χ0v) is 16.9. The first-order valence-corrected chi connectivity index (χ1v) is 10.5. The molecule has 0 spiro atoms. The van der Waals surface area contributed by atoms with Crippen molar-refractivity contribution in [1.82, 2.24) is 0 Å². The van der Waals surface area contributed by atoms with Crippen LogP contribution in [0.2, 0.25) is 0 Å². The van der Waals surface area contributed by atoms with Crippen LogP contribution in [0.4, 0.5) is 0 Å². The minimum Gasteiger partial charge on any atom is -0.0622 e. The molecule has 2 radical (unpaired) electrons. The van der Waals surface area contributed by atoms with Crippen molar-refractivity contribution in [2.24, 2.45) is 0 Å². The molecule has 29 heavy (non-hydrogen) atoms. The molecule has 0 saturated heterocycles. The zero-order valence-electron chi connectivity index (χ0n) is 15.9. The maximum atomic E-state index is 3.22. The lowest BCUT2D eigenvalue weighted by Crippen LogP contribution is -2.26. The molecule has 0 bridgehead atoms. The average molecular weight is 383 g/mol. The Kier molecular flexibility index (Phi) is 6.04. The van der Waals surface area contributed by atoms with Crippen molar-refractivity contribution in [3.05, 3.63) is 131 Å². The van der Waals surface area contributed by atoms with Gasteiger partial charge in [0.25, 0.3) is 0 Å². The summed E-state index contributed by atoms with van der Waals surface area (Å²) in [5.41, 5.74) is 4.14. The molecule has 0 aliphatic heterocycles. The molecule has 0 atom stereocenters. The van der Waals surface area contributed by atoms with Crippen molar-refractivity contribution >= 4 is 19.9 Å². The van der Waals surface area contributed by atoms with Gasteiger partial charge in [-0.3, -0.25) is 0 Å². The Morgan fingerprint density at radius 1 is 0.345 bits per heavy atom. The third kappa shape index (κ3) is 5.60. The van der Waals surface area contributed by atoms with Gasteiger partial charge in [0, 0.05) is 22.3 Å². The van der Waals surface area contributed by atoms with Crippen LogP contribution in [0, 0.1) is 23.7 Å². The predicted octanol–water partition coefficient (Wildman–Crippen LogP) is 4.14. The Hall–Kier alpha value is -3.78. The van der Waals surface area contributed by atoms with Gasteiger partial charge in [-0.25, -0.2) is 0 Å². The molecule has 1 heteroatoms. The highest BCUT2D eigenvalue weighted by atomic mass is 28.2. The van der Waals surface area contributed by atoms with Crippen LogP contribution in [0.5, 0.6) is 0 Å². The van der Waals surface area contributed by atoms with Gasteiger partial charge >= 0.3 is 0 Å². The summed E-state index contributed by atoms with van der Waals surface area (Å²) in [6.07, 6.45) is 0. The Labute approximate surface area is 175 Å². The molecule has 0 amide bonds. The van der Waals surface area contributed by atoms with Crippen molar-refractivity contribution < 1.29 is 0 Å². The van der Waals surface area contributed by atoms with Gasteiger partial charge in [-0.2, -0.15) is 0 Å². The molecule has 0 aliphatic rings. The van der Waals surface area contributed by atoms with Gasteiger partial charge in [-0.05, 0) is 48.5 Å². The standard InChI is InChI=1S/C28H18Si/c1-3-7-23(8-4-1)11-13-25-15-19-27(20-16-25)29-28-21-17-26(18-22-28)14-12-24-9-5-2-6-10-24/h1-10,15-22H. The Balaban J connectivity index is 1.39. The summed E-state index contributed by atoms with van der Waals surface area (Å²) in [5.74, 6) is 12.8. The van der Waals surface area contributed by atoms with Gasteiger partial charge in [0.2, 0.25) is 0 Å². The lowest BCUT2D eigenvalue weighted by atomic mass is 10.2. The van der Waals surface area contributed by atoms with Crippen LogP contribution < -0.4 is 10.4 Å². The molecular formula is C28H18Si. The van der Waals surface area contributed by atoms with E-state index in [9.17, 15) is 0 Å². The number of benzene rings is 4. The third-order valence-electron chi connectivity index (χ3n) is 4.31. The number of hydrogen-bond acceptors (Lipinski definition) is 0. The summed E-state index contributed by atoms with van der Waals surface area (Å²) in [4.78, 5) is 0. The predicted molar refractivity (Wildman–Crippen MR) is 123 cm³/mol. The van der Waals surface area contributed by atoms with Gasteiger partial charge in [0.15, 0.2) is 0 Å². The summed E-state index contributed by atoms with van der Waals surface area (Å²) < 4.78 is 0. The molecule has 4 rings (SSSR count). The lowest BCUT2D eigenvalue weighted by molar-refractivity contribution is 1.63. The largest absolute Gasteiger partial charge is 0.121 e. The molecule has 0 heterocycles. The molecule has 4 aromatic carbocycles. The van der Waals surface area contributed by atoms with E-state index in [4.69, 9.17) is 0 Å². The quantitative estimate of drug-likeness (QED) is 0.361. The Morgan fingerprint density at radius 3 is 1.00 bits per heavy atom. The van der Waals surface area contributed by atoms with E-state index in [2.05, 4.69) is 72.2 Å². The molecule has 0 fully saturated rings. The van der Waals surface area contributed by atoms with E-state index in [0.717, 1.165) is 22.3 Å². The van der Waals surface area contributed by atoms with Crippen molar-refractivity contribution in [3.63, 3.8) is 0 Å². The molecule has 0 aliphatic carbocycles. The van der Waals surface area contributed by atoms with Gasteiger partial charge < -0.3 is 0 Å². The summed E-state index contributed by atoms with van der Waals surface area (Å²) >= 11 is 0. The molecule has 0 unspecified atom stereocenters. The lowest BCUT2D eigenvalue weighted by Gasteiger charge is -2.01. The Morgan fingerprint density at radius 2 is 0.655 bits per heavy atom. The second-order valence-electron chi connectivity index (χ2n) is 6.51. The van der Waals surface area contributed by atoms with E-state index in [1.54, 1.807) is 0 Å². The third-order valence-corrected chi connectivity index (χ3v) is 5.55. The van der Waals surface area contributed by atoms with Crippen LogP contribution in [0.25, 0.3) is 0 Å². The first-order valence-electron chi connectivity index (χ1n) is 9.46. The van der Waals surface area contributed by atoms with Crippen LogP contribution in [-0.2, 0) is 0 Å². The molecule has 0 saturated carbocycles.